The Morgan fingerprint density at radius 1 is 1.00 bits per heavy atom. The first-order chi connectivity index (χ1) is 2.80. The predicted molar refractivity (Wildman–Crippen MR) is 19.0 cm³/mol. The summed E-state index contributed by atoms with van der Waals surface area (Å²) in [5.74, 6) is 0. The Bertz CT molecular complexity index is 45.5. The maximum absolute atomic E-state index is 11.5. The van der Waals surface area contributed by atoms with E-state index in [1.807, 2.05) is 0 Å². The Labute approximate surface area is 35.2 Å². The fraction of sp³-hybridized carbons (Fsp3) is 1.00. The van der Waals surface area contributed by atoms with Gasteiger partial charge in [-0.25, -0.2) is 8.78 Å². The standard InChI is InChI=1S/C4H6F2/c5-3-1-2-4(3)6/h3-4H,1-2H2. The van der Waals surface area contributed by atoms with Crippen LogP contribution in [0.3, 0.4) is 0 Å². The molecule has 0 aromatic rings. The van der Waals surface area contributed by atoms with Gasteiger partial charge in [0.1, 0.15) is 12.3 Å². The highest BCUT2D eigenvalue weighted by atomic mass is 19.2. The van der Waals surface area contributed by atoms with Gasteiger partial charge >= 0.3 is 0 Å². The Kier molecular flexibility index (Phi) is 0.787. The van der Waals surface area contributed by atoms with E-state index in [1.54, 1.807) is 0 Å². The number of rotatable bonds is 0. The van der Waals surface area contributed by atoms with Crippen molar-refractivity contribution < 1.29 is 8.78 Å². The van der Waals surface area contributed by atoms with E-state index in [0.717, 1.165) is 0 Å². The summed E-state index contributed by atoms with van der Waals surface area (Å²) in [7, 11) is 0. The minimum absolute atomic E-state index is 0.432. The number of hydrogen-bond acceptors (Lipinski definition) is 0. The predicted octanol–water partition coefficient (Wildman–Crippen LogP) is 1.46. The summed E-state index contributed by atoms with van der Waals surface area (Å²) >= 11 is 0. The molecule has 1 aliphatic carbocycles. The molecule has 1 fully saturated rings. The van der Waals surface area contributed by atoms with Gasteiger partial charge in [0.15, 0.2) is 0 Å². The molecule has 0 bridgehead atoms. The molecule has 0 saturated heterocycles. The lowest BCUT2D eigenvalue weighted by molar-refractivity contribution is 0.0709. The molecule has 1 rings (SSSR count). The van der Waals surface area contributed by atoms with Crippen LogP contribution in [0.25, 0.3) is 0 Å². The van der Waals surface area contributed by atoms with E-state index in [0.29, 0.717) is 12.8 Å². The summed E-state index contributed by atoms with van der Waals surface area (Å²) in [6.45, 7) is 0. The molecule has 1 aliphatic rings. The molecule has 0 aromatic carbocycles. The van der Waals surface area contributed by atoms with Gasteiger partial charge in [0, 0.05) is 0 Å². The fourth-order valence-corrected chi connectivity index (χ4v) is 0.419. The quantitative estimate of drug-likeness (QED) is 0.424. The summed E-state index contributed by atoms with van der Waals surface area (Å²) in [5, 5.41) is 0. The molecule has 0 nitrogen and oxygen atoms in total. The van der Waals surface area contributed by atoms with Crippen molar-refractivity contribution in [1.29, 1.82) is 0 Å². The lowest BCUT2D eigenvalue weighted by Gasteiger charge is -2.21. The highest BCUT2D eigenvalue weighted by Crippen LogP contribution is 2.25. The van der Waals surface area contributed by atoms with Crippen molar-refractivity contribution in [2.45, 2.75) is 25.2 Å². The first-order valence-electron chi connectivity index (χ1n) is 2.09. The molecule has 2 heteroatoms. The summed E-state index contributed by atoms with van der Waals surface area (Å²) in [6, 6.07) is 0. The molecule has 0 spiro atoms. The molecule has 0 aromatic heterocycles. The lowest BCUT2D eigenvalue weighted by Crippen LogP contribution is -2.28. The van der Waals surface area contributed by atoms with Crippen LogP contribution in [0.4, 0.5) is 8.78 Å². The second-order valence-corrected chi connectivity index (χ2v) is 1.61. The SMILES string of the molecule is FC1CCC1F. The first kappa shape index (κ1) is 4.03. The third-order valence-corrected chi connectivity index (χ3v) is 1.11. The van der Waals surface area contributed by atoms with Gasteiger partial charge in [-0.2, -0.15) is 0 Å². The number of hydrogen-bond donors (Lipinski definition) is 0. The van der Waals surface area contributed by atoms with Crippen LogP contribution in [0.2, 0.25) is 0 Å². The van der Waals surface area contributed by atoms with Crippen LogP contribution in [-0.2, 0) is 0 Å². The maximum atomic E-state index is 11.5. The third-order valence-electron chi connectivity index (χ3n) is 1.11. The molecular formula is C4H6F2. The highest BCUT2D eigenvalue weighted by Gasteiger charge is 2.29. The molecule has 0 amide bonds. The van der Waals surface area contributed by atoms with E-state index in [9.17, 15) is 8.78 Å². The Morgan fingerprint density at radius 2 is 1.33 bits per heavy atom. The minimum atomic E-state index is -1.13. The van der Waals surface area contributed by atoms with Crippen molar-refractivity contribution in [3.8, 4) is 0 Å². The van der Waals surface area contributed by atoms with Crippen LogP contribution in [0.1, 0.15) is 12.8 Å². The van der Waals surface area contributed by atoms with Crippen molar-refractivity contribution in [3.63, 3.8) is 0 Å². The maximum Gasteiger partial charge on any atom is 0.131 e. The van der Waals surface area contributed by atoms with Gasteiger partial charge < -0.3 is 0 Å². The van der Waals surface area contributed by atoms with Gasteiger partial charge in [-0.1, -0.05) is 0 Å². The molecule has 6 heavy (non-hydrogen) atoms. The van der Waals surface area contributed by atoms with E-state index in [1.165, 1.54) is 0 Å². The van der Waals surface area contributed by atoms with E-state index < -0.39 is 12.3 Å². The van der Waals surface area contributed by atoms with Gasteiger partial charge in [-0.3, -0.25) is 0 Å². The molecule has 1 saturated carbocycles. The van der Waals surface area contributed by atoms with Crippen LogP contribution in [0.5, 0.6) is 0 Å². The smallest absolute Gasteiger partial charge is 0.131 e. The van der Waals surface area contributed by atoms with Gasteiger partial charge in [0.2, 0.25) is 0 Å². The number of halogens is 2. The summed E-state index contributed by atoms with van der Waals surface area (Å²) in [5.41, 5.74) is 0. The molecule has 36 valence electrons. The largest absolute Gasteiger partial charge is 0.244 e. The zero-order valence-electron chi connectivity index (χ0n) is 3.32. The molecule has 0 N–H and O–H groups in total. The molecule has 2 unspecified atom stereocenters. The second kappa shape index (κ2) is 1.17. The fourth-order valence-electron chi connectivity index (χ4n) is 0.419. The van der Waals surface area contributed by atoms with Gasteiger partial charge in [0.25, 0.3) is 0 Å². The van der Waals surface area contributed by atoms with Crippen LogP contribution >= 0.6 is 0 Å². The van der Waals surface area contributed by atoms with Crippen LogP contribution in [0.15, 0.2) is 0 Å². The van der Waals surface area contributed by atoms with Crippen molar-refractivity contribution in [1.82, 2.24) is 0 Å². The Hall–Kier alpha value is -0.140. The Morgan fingerprint density at radius 3 is 1.33 bits per heavy atom. The van der Waals surface area contributed by atoms with E-state index in [-0.39, 0.29) is 0 Å². The zero-order valence-corrected chi connectivity index (χ0v) is 3.32. The summed E-state index contributed by atoms with van der Waals surface area (Å²) < 4.78 is 23.1. The van der Waals surface area contributed by atoms with Crippen LogP contribution < -0.4 is 0 Å². The normalized spacial score (nSPS) is 45.0. The van der Waals surface area contributed by atoms with E-state index >= 15 is 0 Å². The van der Waals surface area contributed by atoms with E-state index in [2.05, 4.69) is 0 Å². The van der Waals surface area contributed by atoms with Crippen LogP contribution in [0, 0.1) is 0 Å². The summed E-state index contributed by atoms with van der Waals surface area (Å²) in [4.78, 5) is 0. The van der Waals surface area contributed by atoms with Crippen molar-refractivity contribution in [2.75, 3.05) is 0 Å². The first-order valence-corrected chi connectivity index (χ1v) is 2.09. The van der Waals surface area contributed by atoms with Gasteiger partial charge in [0.05, 0.1) is 0 Å². The van der Waals surface area contributed by atoms with Gasteiger partial charge in [-0.15, -0.1) is 0 Å². The number of alkyl halides is 2. The zero-order chi connectivity index (χ0) is 4.57. The average Bonchev–Trinajstić information content (AvgIpc) is 1.61. The van der Waals surface area contributed by atoms with Crippen LogP contribution in [-0.4, -0.2) is 12.3 Å². The monoisotopic (exact) mass is 92.0 g/mol. The highest BCUT2D eigenvalue weighted by molar-refractivity contribution is 4.79. The lowest BCUT2D eigenvalue weighted by atomic mass is 9.96. The van der Waals surface area contributed by atoms with Crippen molar-refractivity contribution >= 4 is 0 Å². The molecule has 0 radical (unpaired) electrons. The molecule has 0 aliphatic heterocycles. The Balaban J connectivity index is 2.20. The molecule has 0 heterocycles. The van der Waals surface area contributed by atoms with Crippen molar-refractivity contribution in [2.24, 2.45) is 0 Å². The molecular weight excluding hydrogens is 86.0 g/mol. The van der Waals surface area contributed by atoms with Crippen molar-refractivity contribution in [3.05, 3.63) is 0 Å². The summed E-state index contributed by atoms with van der Waals surface area (Å²) in [6.07, 6.45) is -1.41. The minimum Gasteiger partial charge on any atom is -0.244 e. The average molecular weight is 92.1 g/mol. The molecule has 2 atom stereocenters. The second-order valence-electron chi connectivity index (χ2n) is 1.61. The topological polar surface area (TPSA) is 0 Å². The van der Waals surface area contributed by atoms with Gasteiger partial charge in [-0.05, 0) is 12.8 Å². The third kappa shape index (κ3) is 0.402. The van der Waals surface area contributed by atoms with E-state index in [4.69, 9.17) is 0 Å².